The first-order valence-corrected chi connectivity index (χ1v) is 6.88. The van der Waals surface area contributed by atoms with Crippen LogP contribution < -0.4 is 10.6 Å². The third-order valence-electron chi connectivity index (χ3n) is 3.36. The van der Waals surface area contributed by atoms with Crippen molar-refractivity contribution in [3.63, 3.8) is 0 Å². The van der Waals surface area contributed by atoms with Gasteiger partial charge in [-0.05, 0) is 38.2 Å². The second-order valence-electron chi connectivity index (χ2n) is 4.90. The van der Waals surface area contributed by atoms with Crippen LogP contribution in [0, 0.1) is 6.92 Å². The SMILES string of the molecule is Cc1[nH]ncc1CCCNC(=O)NC[C@H]1CCCO1. The van der Waals surface area contributed by atoms with Crippen LogP contribution >= 0.6 is 0 Å². The van der Waals surface area contributed by atoms with E-state index in [9.17, 15) is 4.79 Å². The standard InChI is InChI=1S/C13H22N4O2/c1-10-11(8-16-17-10)4-2-6-14-13(18)15-9-12-5-3-7-19-12/h8,12H,2-7,9H2,1H3,(H,16,17)(H2,14,15,18)/t12-/m1/s1. The van der Waals surface area contributed by atoms with Crippen LogP contribution in [0.25, 0.3) is 0 Å². The van der Waals surface area contributed by atoms with Gasteiger partial charge in [0.05, 0.1) is 12.3 Å². The molecule has 0 aromatic carbocycles. The largest absolute Gasteiger partial charge is 0.376 e. The van der Waals surface area contributed by atoms with Gasteiger partial charge in [-0.3, -0.25) is 5.10 Å². The van der Waals surface area contributed by atoms with Crippen molar-refractivity contribution in [3.05, 3.63) is 17.5 Å². The lowest BCUT2D eigenvalue weighted by molar-refractivity contribution is 0.111. The van der Waals surface area contributed by atoms with E-state index in [0.717, 1.165) is 38.0 Å². The van der Waals surface area contributed by atoms with Crippen LogP contribution in [0.4, 0.5) is 4.79 Å². The molecule has 1 aliphatic rings. The lowest BCUT2D eigenvalue weighted by Crippen LogP contribution is -2.40. The second kappa shape index (κ2) is 7.13. The fraction of sp³-hybridized carbons (Fsp3) is 0.692. The maximum Gasteiger partial charge on any atom is 0.314 e. The number of aromatic nitrogens is 2. The Labute approximate surface area is 113 Å². The molecule has 1 aromatic rings. The van der Waals surface area contributed by atoms with Crippen molar-refractivity contribution in [2.45, 2.75) is 38.7 Å². The van der Waals surface area contributed by atoms with E-state index in [1.807, 2.05) is 13.1 Å². The summed E-state index contributed by atoms with van der Waals surface area (Å²) < 4.78 is 5.44. The average Bonchev–Trinajstić information content (AvgIpc) is 3.04. The van der Waals surface area contributed by atoms with Gasteiger partial charge in [-0.15, -0.1) is 0 Å². The Kier molecular flexibility index (Phi) is 5.20. The fourth-order valence-corrected chi connectivity index (χ4v) is 2.18. The van der Waals surface area contributed by atoms with E-state index in [-0.39, 0.29) is 12.1 Å². The van der Waals surface area contributed by atoms with Crippen molar-refractivity contribution in [2.75, 3.05) is 19.7 Å². The number of hydrogen-bond donors (Lipinski definition) is 3. The van der Waals surface area contributed by atoms with E-state index in [1.54, 1.807) is 0 Å². The van der Waals surface area contributed by atoms with Gasteiger partial charge in [-0.25, -0.2) is 4.79 Å². The van der Waals surface area contributed by atoms with Gasteiger partial charge in [-0.1, -0.05) is 0 Å². The molecule has 0 saturated carbocycles. The van der Waals surface area contributed by atoms with Gasteiger partial charge in [0, 0.05) is 25.4 Å². The Balaban J connectivity index is 1.52. The first-order chi connectivity index (χ1) is 9.25. The Morgan fingerprint density at radius 3 is 3.16 bits per heavy atom. The van der Waals surface area contributed by atoms with Crippen molar-refractivity contribution in [3.8, 4) is 0 Å². The first kappa shape index (κ1) is 13.9. The minimum absolute atomic E-state index is 0.112. The number of nitrogens with zero attached hydrogens (tertiary/aromatic N) is 1. The topological polar surface area (TPSA) is 79.0 Å². The molecule has 1 saturated heterocycles. The molecule has 6 heteroatoms. The van der Waals surface area contributed by atoms with Crippen molar-refractivity contribution in [1.29, 1.82) is 0 Å². The van der Waals surface area contributed by atoms with E-state index in [2.05, 4.69) is 20.8 Å². The van der Waals surface area contributed by atoms with Crippen LogP contribution in [0.3, 0.4) is 0 Å². The van der Waals surface area contributed by atoms with E-state index >= 15 is 0 Å². The molecule has 3 N–H and O–H groups in total. The normalized spacial score (nSPS) is 18.5. The van der Waals surface area contributed by atoms with Gasteiger partial charge >= 0.3 is 6.03 Å². The summed E-state index contributed by atoms with van der Waals surface area (Å²) in [6.07, 6.45) is 6.01. The number of H-pyrrole nitrogens is 1. The Hall–Kier alpha value is -1.56. The van der Waals surface area contributed by atoms with Crippen LogP contribution in [-0.2, 0) is 11.2 Å². The monoisotopic (exact) mass is 266 g/mol. The molecule has 0 radical (unpaired) electrons. The molecular weight excluding hydrogens is 244 g/mol. The van der Waals surface area contributed by atoms with Gasteiger partial charge in [-0.2, -0.15) is 5.10 Å². The molecule has 0 bridgehead atoms. The predicted molar refractivity (Wildman–Crippen MR) is 72.0 cm³/mol. The number of urea groups is 1. The summed E-state index contributed by atoms with van der Waals surface area (Å²) in [5.74, 6) is 0. The summed E-state index contributed by atoms with van der Waals surface area (Å²) in [4.78, 5) is 11.5. The number of ether oxygens (including phenoxy) is 1. The third-order valence-corrected chi connectivity index (χ3v) is 3.36. The van der Waals surface area contributed by atoms with E-state index < -0.39 is 0 Å². The zero-order chi connectivity index (χ0) is 13.5. The van der Waals surface area contributed by atoms with Crippen LogP contribution in [0.15, 0.2) is 6.20 Å². The lowest BCUT2D eigenvalue weighted by atomic mass is 10.1. The quantitative estimate of drug-likeness (QED) is 0.675. The number of amides is 2. The Bertz CT molecular complexity index is 399. The second-order valence-corrected chi connectivity index (χ2v) is 4.90. The molecule has 1 atom stereocenters. The highest BCUT2D eigenvalue weighted by Crippen LogP contribution is 2.10. The average molecular weight is 266 g/mol. The van der Waals surface area contributed by atoms with Gasteiger partial charge < -0.3 is 15.4 Å². The third kappa shape index (κ3) is 4.55. The molecule has 0 aliphatic carbocycles. The summed E-state index contributed by atoms with van der Waals surface area (Å²) >= 11 is 0. The summed E-state index contributed by atoms with van der Waals surface area (Å²) in [5.41, 5.74) is 2.31. The highest BCUT2D eigenvalue weighted by atomic mass is 16.5. The zero-order valence-electron chi connectivity index (χ0n) is 11.4. The Morgan fingerprint density at radius 1 is 1.58 bits per heavy atom. The van der Waals surface area contributed by atoms with Gasteiger partial charge in [0.25, 0.3) is 0 Å². The Morgan fingerprint density at radius 2 is 2.47 bits per heavy atom. The number of rotatable bonds is 6. The lowest BCUT2D eigenvalue weighted by Gasteiger charge is -2.11. The van der Waals surface area contributed by atoms with Crippen LogP contribution in [0.5, 0.6) is 0 Å². The fourth-order valence-electron chi connectivity index (χ4n) is 2.18. The molecule has 0 unspecified atom stereocenters. The molecule has 1 aliphatic heterocycles. The molecule has 2 heterocycles. The molecule has 1 aromatic heterocycles. The summed E-state index contributed by atoms with van der Waals surface area (Å²) in [6, 6.07) is -0.112. The maximum atomic E-state index is 11.5. The molecule has 1 fully saturated rings. The number of aromatic amines is 1. The smallest absolute Gasteiger partial charge is 0.314 e. The van der Waals surface area contributed by atoms with Crippen molar-refractivity contribution in [2.24, 2.45) is 0 Å². The van der Waals surface area contributed by atoms with Crippen molar-refractivity contribution in [1.82, 2.24) is 20.8 Å². The zero-order valence-corrected chi connectivity index (χ0v) is 11.4. The highest BCUT2D eigenvalue weighted by molar-refractivity contribution is 5.73. The van der Waals surface area contributed by atoms with Gasteiger partial charge in [0.15, 0.2) is 0 Å². The minimum Gasteiger partial charge on any atom is -0.376 e. The molecule has 0 spiro atoms. The molecule has 2 amide bonds. The summed E-state index contributed by atoms with van der Waals surface area (Å²) in [7, 11) is 0. The maximum absolute atomic E-state index is 11.5. The van der Waals surface area contributed by atoms with E-state index in [0.29, 0.717) is 13.1 Å². The number of aryl methyl sites for hydroxylation is 2. The van der Waals surface area contributed by atoms with Gasteiger partial charge in [0.1, 0.15) is 0 Å². The highest BCUT2D eigenvalue weighted by Gasteiger charge is 2.15. The van der Waals surface area contributed by atoms with Crippen LogP contribution in [-0.4, -0.2) is 42.0 Å². The van der Waals surface area contributed by atoms with Crippen LogP contribution in [0.1, 0.15) is 30.5 Å². The summed E-state index contributed by atoms with van der Waals surface area (Å²) in [5, 5.41) is 12.6. The molecule has 19 heavy (non-hydrogen) atoms. The number of nitrogens with one attached hydrogen (secondary N) is 3. The number of carbonyl (C=O) groups excluding carboxylic acids is 1. The summed E-state index contributed by atoms with van der Waals surface area (Å²) in [6.45, 7) is 4.09. The predicted octanol–water partition coefficient (Wildman–Crippen LogP) is 1.13. The van der Waals surface area contributed by atoms with Gasteiger partial charge in [0.2, 0.25) is 0 Å². The number of carbonyl (C=O) groups is 1. The molecule has 6 nitrogen and oxygen atoms in total. The molecular formula is C13H22N4O2. The van der Waals surface area contributed by atoms with Crippen LogP contribution in [0.2, 0.25) is 0 Å². The van der Waals surface area contributed by atoms with E-state index in [4.69, 9.17) is 4.74 Å². The first-order valence-electron chi connectivity index (χ1n) is 6.88. The van der Waals surface area contributed by atoms with Crippen molar-refractivity contribution < 1.29 is 9.53 Å². The number of hydrogen-bond acceptors (Lipinski definition) is 3. The minimum atomic E-state index is -0.112. The molecule has 106 valence electrons. The van der Waals surface area contributed by atoms with E-state index in [1.165, 1.54) is 5.56 Å². The van der Waals surface area contributed by atoms with Crippen molar-refractivity contribution >= 4 is 6.03 Å². The molecule has 2 rings (SSSR count).